The molecule has 2 saturated carbocycles. The second-order valence-corrected chi connectivity index (χ2v) is 4.88. The summed E-state index contributed by atoms with van der Waals surface area (Å²) >= 11 is 0. The molecule has 0 spiro atoms. The molecule has 3 unspecified atom stereocenters. The molecule has 0 aromatic carbocycles. The molecule has 0 radical (unpaired) electrons. The molecule has 0 aromatic heterocycles. The minimum atomic E-state index is 0.283. The molecule has 0 amide bonds. The van der Waals surface area contributed by atoms with Crippen LogP contribution in [0.15, 0.2) is 11.8 Å². The Hall–Kier alpha value is -0.540. The van der Waals surface area contributed by atoms with Gasteiger partial charge in [0.25, 0.3) is 0 Å². The van der Waals surface area contributed by atoms with E-state index in [1.807, 2.05) is 0 Å². The monoisotopic (exact) mass is 194 g/mol. The Labute approximate surface area is 84.7 Å². The van der Waals surface area contributed by atoms with E-state index < -0.39 is 0 Å². The van der Waals surface area contributed by atoms with Gasteiger partial charge in [-0.25, -0.2) is 5.43 Å². The molecule has 78 valence electrons. The number of ether oxygens (including phenoxy) is 1. The maximum absolute atomic E-state index is 5.62. The van der Waals surface area contributed by atoms with Crippen molar-refractivity contribution in [2.45, 2.75) is 31.7 Å². The van der Waals surface area contributed by atoms with Gasteiger partial charge in [0.15, 0.2) is 0 Å². The molecule has 0 aromatic rings. The van der Waals surface area contributed by atoms with Crippen molar-refractivity contribution in [2.24, 2.45) is 23.6 Å². The molecule has 2 aliphatic carbocycles. The van der Waals surface area contributed by atoms with Crippen LogP contribution in [-0.4, -0.2) is 12.6 Å². The summed E-state index contributed by atoms with van der Waals surface area (Å²) in [6, 6.07) is 0.283. The van der Waals surface area contributed by atoms with Crippen molar-refractivity contribution < 1.29 is 4.74 Å². The van der Waals surface area contributed by atoms with Crippen molar-refractivity contribution in [1.29, 1.82) is 0 Å². The summed E-state index contributed by atoms with van der Waals surface area (Å²) in [4.78, 5) is 0. The third-order valence-electron chi connectivity index (χ3n) is 3.97. The standard InChI is InChI=1S/C11H18N2O/c12-13-11(10-2-1-3-14-10)9-5-7-4-8(7)6-9/h2,7-9,11,13H,1,3-6,12H2. The van der Waals surface area contributed by atoms with Gasteiger partial charge in [0.2, 0.25) is 0 Å². The Morgan fingerprint density at radius 1 is 1.36 bits per heavy atom. The minimum absolute atomic E-state index is 0.283. The van der Waals surface area contributed by atoms with E-state index >= 15 is 0 Å². The van der Waals surface area contributed by atoms with Crippen molar-refractivity contribution in [2.75, 3.05) is 6.61 Å². The van der Waals surface area contributed by atoms with Crippen LogP contribution < -0.4 is 11.3 Å². The van der Waals surface area contributed by atoms with Gasteiger partial charge in [0.05, 0.1) is 12.6 Å². The molecular formula is C11H18N2O. The molecule has 1 aliphatic heterocycles. The summed E-state index contributed by atoms with van der Waals surface area (Å²) in [5.74, 6) is 9.46. The van der Waals surface area contributed by atoms with Crippen LogP contribution in [-0.2, 0) is 4.74 Å². The summed E-state index contributed by atoms with van der Waals surface area (Å²) in [6.07, 6.45) is 7.40. The molecule has 2 fully saturated rings. The zero-order valence-corrected chi connectivity index (χ0v) is 8.41. The molecule has 3 rings (SSSR count). The van der Waals surface area contributed by atoms with E-state index in [1.165, 1.54) is 19.3 Å². The molecule has 0 saturated heterocycles. The van der Waals surface area contributed by atoms with Crippen LogP contribution >= 0.6 is 0 Å². The van der Waals surface area contributed by atoms with Gasteiger partial charge >= 0.3 is 0 Å². The van der Waals surface area contributed by atoms with Crippen LogP contribution in [0.5, 0.6) is 0 Å². The quantitative estimate of drug-likeness (QED) is 0.523. The number of nitrogens with one attached hydrogen (secondary N) is 1. The number of hydrazine groups is 1. The molecule has 3 heteroatoms. The van der Waals surface area contributed by atoms with E-state index in [0.717, 1.165) is 30.6 Å². The fraction of sp³-hybridized carbons (Fsp3) is 0.818. The third-order valence-corrected chi connectivity index (χ3v) is 3.97. The third kappa shape index (κ3) is 1.35. The lowest BCUT2D eigenvalue weighted by Gasteiger charge is -2.24. The summed E-state index contributed by atoms with van der Waals surface area (Å²) in [7, 11) is 0. The molecule has 0 bridgehead atoms. The number of fused-ring (bicyclic) bond motifs is 1. The lowest BCUT2D eigenvalue weighted by molar-refractivity contribution is 0.189. The van der Waals surface area contributed by atoms with Gasteiger partial charge in [-0.1, -0.05) is 0 Å². The molecule has 3 aliphatic rings. The van der Waals surface area contributed by atoms with Crippen LogP contribution in [0.25, 0.3) is 0 Å². The lowest BCUT2D eigenvalue weighted by Crippen LogP contribution is -2.42. The summed E-state index contributed by atoms with van der Waals surface area (Å²) in [5.41, 5.74) is 2.93. The maximum Gasteiger partial charge on any atom is 0.111 e. The first-order valence-electron chi connectivity index (χ1n) is 5.67. The molecule has 3 atom stereocenters. The summed E-state index contributed by atoms with van der Waals surface area (Å²) < 4.78 is 5.59. The first-order valence-corrected chi connectivity index (χ1v) is 5.67. The first kappa shape index (κ1) is 8.74. The second-order valence-electron chi connectivity index (χ2n) is 4.88. The Morgan fingerprint density at radius 2 is 2.14 bits per heavy atom. The Morgan fingerprint density at radius 3 is 2.71 bits per heavy atom. The second kappa shape index (κ2) is 3.24. The van der Waals surface area contributed by atoms with Crippen LogP contribution in [0.4, 0.5) is 0 Å². The van der Waals surface area contributed by atoms with Crippen LogP contribution in [0.3, 0.4) is 0 Å². The van der Waals surface area contributed by atoms with E-state index in [4.69, 9.17) is 10.6 Å². The summed E-state index contributed by atoms with van der Waals surface area (Å²) in [6.45, 7) is 0.840. The zero-order valence-electron chi connectivity index (χ0n) is 8.41. The maximum atomic E-state index is 5.62. The fourth-order valence-corrected chi connectivity index (χ4v) is 3.14. The molecule has 3 nitrogen and oxygen atoms in total. The van der Waals surface area contributed by atoms with E-state index in [9.17, 15) is 0 Å². The number of nitrogens with two attached hydrogens (primary N) is 1. The van der Waals surface area contributed by atoms with E-state index in [2.05, 4.69) is 11.5 Å². The predicted molar refractivity (Wildman–Crippen MR) is 54.1 cm³/mol. The number of hydrogen-bond donors (Lipinski definition) is 2. The molecule has 14 heavy (non-hydrogen) atoms. The highest BCUT2D eigenvalue weighted by Crippen LogP contribution is 2.55. The zero-order chi connectivity index (χ0) is 9.54. The highest BCUT2D eigenvalue weighted by Gasteiger charge is 2.48. The molecule has 1 heterocycles. The topological polar surface area (TPSA) is 47.3 Å². The Balaban J connectivity index is 1.67. The summed E-state index contributed by atoms with van der Waals surface area (Å²) in [5, 5.41) is 0. The van der Waals surface area contributed by atoms with Gasteiger partial charge in [-0.15, -0.1) is 0 Å². The van der Waals surface area contributed by atoms with Gasteiger partial charge in [0.1, 0.15) is 5.76 Å². The highest BCUT2D eigenvalue weighted by atomic mass is 16.5. The predicted octanol–water partition coefficient (Wildman–Crippen LogP) is 1.17. The van der Waals surface area contributed by atoms with Crippen molar-refractivity contribution in [3.63, 3.8) is 0 Å². The molecule has 3 N–H and O–H groups in total. The number of rotatable bonds is 3. The van der Waals surface area contributed by atoms with Gasteiger partial charge in [0, 0.05) is 6.42 Å². The fourth-order valence-electron chi connectivity index (χ4n) is 3.14. The van der Waals surface area contributed by atoms with Crippen LogP contribution in [0, 0.1) is 17.8 Å². The van der Waals surface area contributed by atoms with Crippen molar-refractivity contribution in [1.82, 2.24) is 5.43 Å². The Bertz CT molecular complexity index is 254. The lowest BCUT2D eigenvalue weighted by atomic mass is 9.93. The normalized spacial score (nSPS) is 41.5. The van der Waals surface area contributed by atoms with Crippen molar-refractivity contribution in [3.8, 4) is 0 Å². The molecular weight excluding hydrogens is 176 g/mol. The number of hydrogen-bond acceptors (Lipinski definition) is 3. The van der Waals surface area contributed by atoms with Crippen molar-refractivity contribution >= 4 is 0 Å². The minimum Gasteiger partial charge on any atom is -0.496 e. The highest BCUT2D eigenvalue weighted by molar-refractivity contribution is 5.12. The smallest absolute Gasteiger partial charge is 0.111 e. The SMILES string of the molecule is NNC(C1=CCCO1)C1CC2CC2C1. The van der Waals surface area contributed by atoms with Gasteiger partial charge in [-0.3, -0.25) is 5.84 Å². The van der Waals surface area contributed by atoms with Crippen LogP contribution in [0.1, 0.15) is 25.7 Å². The van der Waals surface area contributed by atoms with Crippen molar-refractivity contribution in [3.05, 3.63) is 11.8 Å². The largest absolute Gasteiger partial charge is 0.496 e. The average molecular weight is 194 g/mol. The average Bonchev–Trinajstić information content (AvgIpc) is 2.70. The van der Waals surface area contributed by atoms with E-state index in [1.54, 1.807) is 0 Å². The van der Waals surface area contributed by atoms with E-state index in [0.29, 0.717) is 5.92 Å². The van der Waals surface area contributed by atoms with Gasteiger partial charge < -0.3 is 4.74 Å². The van der Waals surface area contributed by atoms with Crippen LogP contribution in [0.2, 0.25) is 0 Å². The van der Waals surface area contributed by atoms with Gasteiger partial charge in [-0.2, -0.15) is 0 Å². The van der Waals surface area contributed by atoms with Gasteiger partial charge in [-0.05, 0) is 43.1 Å². The van der Waals surface area contributed by atoms with E-state index in [-0.39, 0.29) is 6.04 Å². The Kier molecular flexibility index (Phi) is 2.03. The first-order chi connectivity index (χ1) is 6.88.